The number of benzene rings is 1. The number of rotatable bonds is 9. The molecule has 25 heavy (non-hydrogen) atoms. The number of amides is 1. The van der Waals surface area contributed by atoms with Crippen LogP contribution in [0.25, 0.3) is 0 Å². The molecule has 2 atom stereocenters. The van der Waals surface area contributed by atoms with E-state index < -0.39 is 12.0 Å². The molecule has 138 valence electrons. The maximum absolute atomic E-state index is 12.2. The largest absolute Gasteiger partial charge is 0.464 e. The van der Waals surface area contributed by atoms with Gasteiger partial charge in [0.2, 0.25) is 5.91 Å². The van der Waals surface area contributed by atoms with Crippen LogP contribution in [0.15, 0.2) is 30.3 Å². The van der Waals surface area contributed by atoms with Crippen molar-refractivity contribution in [3.8, 4) is 0 Å². The SMILES string of the molecule is CCOC(=O)[C@H](NC(=O)CCOCc1ccccc1)[C@H]1CCCOC1. The number of carbonyl (C=O) groups is 2. The normalized spacial score (nSPS) is 18.4. The molecule has 0 aromatic heterocycles. The summed E-state index contributed by atoms with van der Waals surface area (Å²) >= 11 is 0. The van der Waals surface area contributed by atoms with Crippen LogP contribution in [0, 0.1) is 5.92 Å². The van der Waals surface area contributed by atoms with Gasteiger partial charge in [0.05, 0.1) is 26.4 Å². The van der Waals surface area contributed by atoms with E-state index in [4.69, 9.17) is 14.2 Å². The first-order chi connectivity index (χ1) is 12.2. The Labute approximate surface area is 148 Å². The molecule has 6 nitrogen and oxygen atoms in total. The van der Waals surface area contributed by atoms with Gasteiger partial charge in [0.1, 0.15) is 6.04 Å². The number of ether oxygens (including phenoxy) is 3. The second-order valence-electron chi connectivity index (χ2n) is 6.06. The Bertz CT molecular complexity index is 528. The molecule has 1 N–H and O–H groups in total. The van der Waals surface area contributed by atoms with Gasteiger partial charge in [-0.2, -0.15) is 0 Å². The molecule has 0 bridgehead atoms. The van der Waals surface area contributed by atoms with Gasteiger partial charge in [-0.1, -0.05) is 30.3 Å². The van der Waals surface area contributed by atoms with Crippen LogP contribution in [0.3, 0.4) is 0 Å². The third-order valence-electron chi connectivity index (χ3n) is 4.11. The minimum absolute atomic E-state index is 0.0398. The summed E-state index contributed by atoms with van der Waals surface area (Å²) in [5.74, 6) is -0.643. The van der Waals surface area contributed by atoms with E-state index in [-0.39, 0.29) is 18.2 Å². The number of carbonyl (C=O) groups excluding carboxylic acids is 2. The van der Waals surface area contributed by atoms with E-state index in [9.17, 15) is 9.59 Å². The Balaban J connectivity index is 1.76. The molecule has 0 aliphatic carbocycles. The number of hydrogen-bond acceptors (Lipinski definition) is 5. The smallest absolute Gasteiger partial charge is 0.329 e. The van der Waals surface area contributed by atoms with E-state index in [0.717, 1.165) is 18.4 Å². The van der Waals surface area contributed by atoms with E-state index >= 15 is 0 Å². The van der Waals surface area contributed by atoms with Crippen LogP contribution in [0.2, 0.25) is 0 Å². The molecule has 1 aromatic rings. The first kappa shape index (κ1) is 19.4. The summed E-state index contributed by atoms with van der Waals surface area (Å²) in [5.41, 5.74) is 1.06. The fraction of sp³-hybridized carbons (Fsp3) is 0.579. The van der Waals surface area contributed by atoms with Crippen molar-refractivity contribution in [2.75, 3.05) is 26.4 Å². The highest BCUT2D eigenvalue weighted by Gasteiger charge is 2.32. The third kappa shape index (κ3) is 6.84. The molecule has 1 aliphatic rings. The second-order valence-corrected chi connectivity index (χ2v) is 6.06. The molecule has 2 rings (SSSR count). The standard InChI is InChI=1S/C19H27NO5/c1-2-25-19(22)18(16-9-6-11-23-14-16)20-17(21)10-12-24-13-15-7-4-3-5-8-15/h3-5,7-8,16,18H,2,6,9-14H2,1H3,(H,20,21)/t16-,18+/m0/s1. The lowest BCUT2D eigenvalue weighted by atomic mass is 9.93. The van der Waals surface area contributed by atoms with E-state index in [2.05, 4.69) is 5.32 Å². The topological polar surface area (TPSA) is 73.9 Å². The lowest BCUT2D eigenvalue weighted by Gasteiger charge is -2.29. The molecule has 1 aromatic carbocycles. The average molecular weight is 349 g/mol. The van der Waals surface area contributed by atoms with Gasteiger partial charge in [-0.25, -0.2) is 4.79 Å². The van der Waals surface area contributed by atoms with Gasteiger partial charge in [0.15, 0.2) is 0 Å². The molecule has 1 fully saturated rings. The van der Waals surface area contributed by atoms with Crippen LogP contribution in [-0.2, 0) is 30.4 Å². The predicted octanol–water partition coefficient (Wildman–Crippen LogP) is 2.07. The van der Waals surface area contributed by atoms with Crippen LogP contribution in [0.1, 0.15) is 31.7 Å². The minimum atomic E-state index is -0.651. The Morgan fingerprint density at radius 1 is 1.32 bits per heavy atom. The van der Waals surface area contributed by atoms with Gasteiger partial charge in [0, 0.05) is 18.9 Å². The van der Waals surface area contributed by atoms with Gasteiger partial charge in [0.25, 0.3) is 0 Å². The fourth-order valence-corrected chi connectivity index (χ4v) is 2.80. The summed E-state index contributed by atoms with van der Waals surface area (Å²) in [6, 6.07) is 9.13. The molecular weight excluding hydrogens is 322 g/mol. The van der Waals surface area contributed by atoms with Crippen LogP contribution in [0.4, 0.5) is 0 Å². The zero-order valence-electron chi connectivity index (χ0n) is 14.7. The Hall–Kier alpha value is -1.92. The summed E-state index contributed by atoms with van der Waals surface area (Å²) in [5, 5.41) is 2.80. The van der Waals surface area contributed by atoms with Gasteiger partial charge in [-0.05, 0) is 25.3 Å². The summed E-state index contributed by atoms with van der Waals surface area (Å²) in [7, 11) is 0. The monoisotopic (exact) mass is 349 g/mol. The van der Waals surface area contributed by atoms with Crippen LogP contribution < -0.4 is 5.32 Å². The number of hydrogen-bond donors (Lipinski definition) is 1. The Morgan fingerprint density at radius 2 is 2.12 bits per heavy atom. The fourth-order valence-electron chi connectivity index (χ4n) is 2.80. The molecule has 0 saturated carbocycles. The minimum Gasteiger partial charge on any atom is -0.464 e. The van der Waals surface area contributed by atoms with Gasteiger partial charge in [-0.3, -0.25) is 4.79 Å². The van der Waals surface area contributed by atoms with Gasteiger partial charge in [-0.15, -0.1) is 0 Å². The average Bonchev–Trinajstić information content (AvgIpc) is 2.65. The lowest BCUT2D eigenvalue weighted by molar-refractivity contribution is -0.150. The van der Waals surface area contributed by atoms with Crippen LogP contribution >= 0.6 is 0 Å². The molecule has 1 heterocycles. The van der Waals surface area contributed by atoms with Crippen molar-refractivity contribution in [1.29, 1.82) is 0 Å². The van der Waals surface area contributed by atoms with Gasteiger partial charge < -0.3 is 19.5 Å². The Kier molecular flexibility index (Phi) is 8.42. The number of esters is 1. The van der Waals surface area contributed by atoms with Crippen LogP contribution in [0.5, 0.6) is 0 Å². The second kappa shape index (κ2) is 10.8. The maximum atomic E-state index is 12.2. The van der Waals surface area contributed by atoms with Crippen molar-refractivity contribution in [1.82, 2.24) is 5.32 Å². The van der Waals surface area contributed by atoms with E-state index in [1.807, 2.05) is 30.3 Å². The summed E-state index contributed by atoms with van der Waals surface area (Å²) in [4.78, 5) is 24.3. The lowest BCUT2D eigenvalue weighted by Crippen LogP contribution is -2.49. The molecule has 0 unspecified atom stereocenters. The van der Waals surface area contributed by atoms with Crippen molar-refractivity contribution in [2.45, 2.75) is 38.8 Å². The van der Waals surface area contributed by atoms with Crippen molar-refractivity contribution in [3.05, 3.63) is 35.9 Å². The highest BCUT2D eigenvalue weighted by atomic mass is 16.5. The molecule has 1 saturated heterocycles. The Morgan fingerprint density at radius 3 is 2.80 bits per heavy atom. The molecule has 0 radical (unpaired) electrons. The van der Waals surface area contributed by atoms with Gasteiger partial charge >= 0.3 is 5.97 Å². The first-order valence-electron chi connectivity index (χ1n) is 8.86. The summed E-state index contributed by atoms with van der Waals surface area (Å²) < 4.78 is 16.1. The van der Waals surface area contributed by atoms with Crippen molar-refractivity contribution in [3.63, 3.8) is 0 Å². The first-order valence-corrected chi connectivity index (χ1v) is 8.86. The molecular formula is C19H27NO5. The van der Waals surface area contributed by atoms with Crippen LogP contribution in [-0.4, -0.2) is 44.3 Å². The zero-order valence-corrected chi connectivity index (χ0v) is 14.7. The quantitative estimate of drug-likeness (QED) is 0.546. The number of nitrogens with one attached hydrogen (secondary N) is 1. The zero-order chi connectivity index (χ0) is 17.9. The molecule has 0 spiro atoms. The van der Waals surface area contributed by atoms with Crippen molar-refractivity contribution < 1.29 is 23.8 Å². The molecule has 6 heteroatoms. The van der Waals surface area contributed by atoms with Crippen molar-refractivity contribution >= 4 is 11.9 Å². The van der Waals surface area contributed by atoms with E-state index in [0.29, 0.717) is 33.0 Å². The molecule has 1 amide bonds. The van der Waals surface area contributed by atoms with Crippen molar-refractivity contribution in [2.24, 2.45) is 5.92 Å². The third-order valence-corrected chi connectivity index (χ3v) is 4.11. The highest BCUT2D eigenvalue weighted by molar-refractivity contribution is 5.84. The highest BCUT2D eigenvalue weighted by Crippen LogP contribution is 2.18. The summed E-state index contributed by atoms with van der Waals surface area (Å²) in [6.07, 6.45) is 1.93. The van der Waals surface area contributed by atoms with E-state index in [1.165, 1.54) is 0 Å². The maximum Gasteiger partial charge on any atom is 0.329 e. The molecule has 1 aliphatic heterocycles. The predicted molar refractivity (Wildman–Crippen MR) is 92.8 cm³/mol. The van der Waals surface area contributed by atoms with E-state index in [1.54, 1.807) is 6.92 Å². The summed E-state index contributed by atoms with van der Waals surface area (Å²) in [6.45, 7) is 3.98.